The molecule has 1 aliphatic heterocycles. The van der Waals surface area contributed by atoms with Crippen LogP contribution in [0.5, 0.6) is 5.75 Å². The van der Waals surface area contributed by atoms with Crippen LogP contribution in [-0.4, -0.2) is 36.8 Å². The Morgan fingerprint density at radius 1 is 0.941 bits per heavy atom. The number of carbonyl (C=O) groups excluding carboxylic acids is 4. The maximum atomic E-state index is 13.0. The predicted octanol–water partition coefficient (Wildman–Crippen LogP) is 4.97. The quantitative estimate of drug-likeness (QED) is 0.271. The zero-order chi connectivity index (χ0) is 24.4. The van der Waals surface area contributed by atoms with Gasteiger partial charge >= 0.3 is 5.97 Å². The van der Waals surface area contributed by atoms with E-state index in [2.05, 4.69) is 0 Å². The third kappa shape index (κ3) is 4.06. The molecule has 8 heteroatoms. The molecule has 0 saturated heterocycles. The molecule has 1 heterocycles. The van der Waals surface area contributed by atoms with Gasteiger partial charge in [0.25, 0.3) is 11.8 Å². The summed E-state index contributed by atoms with van der Waals surface area (Å²) in [5.74, 6) is -2.16. The van der Waals surface area contributed by atoms with Gasteiger partial charge in [-0.1, -0.05) is 61.0 Å². The number of fused-ring (bicyclic) bond motifs is 1. The molecular weight excluding hydrogens is 458 g/mol. The number of anilines is 1. The fourth-order valence-corrected chi connectivity index (χ4v) is 4.00. The summed E-state index contributed by atoms with van der Waals surface area (Å²) in [5.41, 5.74) is 0.987. The summed E-state index contributed by atoms with van der Waals surface area (Å²) in [7, 11) is 1.33. The van der Waals surface area contributed by atoms with Gasteiger partial charge in [0.05, 0.1) is 28.9 Å². The van der Waals surface area contributed by atoms with E-state index in [1.165, 1.54) is 19.2 Å². The molecule has 0 unspecified atom stereocenters. The van der Waals surface area contributed by atoms with Crippen molar-refractivity contribution in [2.75, 3.05) is 12.0 Å². The lowest BCUT2D eigenvalue weighted by Gasteiger charge is -2.20. The highest BCUT2D eigenvalue weighted by Gasteiger charge is 2.38. The molecular formula is C26H20ClNO6. The van der Waals surface area contributed by atoms with Crippen molar-refractivity contribution >= 4 is 40.9 Å². The fourth-order valence-electron chi connectivity index (χ4n) is 3.75. The Morgan fingerprint density at radius 2 is 1.53 bits per heavy atom. The van der Waals surface area contributed by atoms with Crippen molar-refractivity contribution in [3.8, 4) is 5.75 Å². The van der Waals surface area contributed by atoms with Crippen LogP contribution >= 0.6 is 11.6 Å². The topological polar surface area (TPSA) is 90.0 Å². The van der Waals surface area contributed by atoms with Crippen LogP contribution in [0.2, 0.25) is 5.02 Å². The first-order valence-electron chi connectivity index (χ1n) is 10.5. The second-order valence-corrected chi connectivity index (χ2v) is 7.93. The molecule has 1 aliphatic rings. The van der Waals surface area contributed by atoms with Crippen LogP contribution in [0.4, 0.5) is 5.69 Å². The maximum absolute atomic E-state index is 13.0. The summed E-state index contributed by atoms with van der Waals surface area (Å²) in [5, 5.41) is -0.0234. The predicted molar refractivity (Wildman–Crippen MR) is 126 cm³/mol. The first-order valence-corrected chi connectivity index (χ1v) is 10.9. The van der Waals surface area contributed by atoms with Crippen LogP contribution in [0.3, 0.4) is 0 Å². The van der Waals surface area contributed by atoms with Gasteiger partial charge in [0, 0.05) is 11.6 Å². The van der Waals surface area contributed by atoms with Crippen molar-refractivity contribution in [2.45, 2.75) is 19.4 Å². The van der Waals surface area contributed by atoms with Gasteiger partial charge < -0.3 is 9.47 Å². The molecule has 0 N–H and O–H groups in total. The number of esters is 1. The summed E-state index contributed by atoms with van der Waals surface area (Å²) < 4.78 is 10.8. The van der Waals surface area contributed by atoms with Gasteiger partial charge in [0.2, 0.25) is 5.78 Å². The second-order valence-electron chi connectivity index (χ2n) is 7.53. The number of benzene rings is 3. The van der Waals surface area contributed by atoms with Crippen LogP contribution in [0.25, 0.3) is 0 Å². The van der Waals surface area contributed by atoms with Gasteiger partial charge in [-0.25, -0.2) is 9.69 Å². The van der Waals surface area contributed by atoms with Gasteiger partial charge in [-0.3, -0.25) is 14.4 Å². The largest absolute Gasteiger partial charge is 0.496 e. The zero-order valence-electron chi connectivity index (χ0n) is 18.4. The molecule has 0 aromatic heterocycles. The SMILES string of the molecule is CC[C@@H](OC(=O)c1cc(Cl)c(N2C(=O)c3ccccc3C2=O)cc1OC)C(=O)c1ccccc1. The maximum Gasteiger partial charge on any atom is 0.342 e. The van der Waals surface area contributed by atoms with Crippen molar-refractivity contribution in [3.63, 3.8) is 0 Å². The molecule has 0 bridgehead atoms. The molecule has 0 radical (unpaired) electrons. The van der Waals surface area contributed by atoms with E-state index in [-0.39, 0.29) is 45.4 Å². The van der Waals surface area contributed by atoms with Gasteiger partial charge in [-0.2, -0.15) is 0 Å². The molecule has 0 fully saturated rings. The van der Waals surface area contributed by atoms with E-state index in [0.717, 1.165) is 4.90 Å². The van der Waals surface area contributed by atoms with Gasteiger partial charge in [-0.05, 0) is 24.6 Å². The molecule has 7 nitrogen and oxygen atoms in total. The standard InChI is InChI=1S/C26H20ClNO6/c1-3-21(23(29)15-9-5-4-6-10-15)34-26(32)18-13-19(27)20(14-22(18)33-2)28-24(30)16-11-7-8-12-17(16)25(28)31/h4-14,21H,3H2,1-2H3/t21-/m1/s1. The number of imide groups is 1. The van der Waals surface area contributed by atoms with E-state index in [4.69, 9.17) is 21.1 Å². The lowest BCUT2D eigenvalue weighted by Crippen LogP contribution is -2.30. The highest BCUT2D eigenvalue weighted by atomic mass is 35.5. The van der Waals surface area contributed by atoms with E-state index >= 15 is 0 Å². The summed E-state index contributed by atoms with van der Waals surface area (Å²) in [6, 6.07) is 17.6. The number of methoxy groups -OCH3 is 1. The molecule has 0 aliphatic carbocycles. The average molecular weight is 478 g/mol. The molecule has 3 aromatic carbocycles. The lowest BCUT2D eigenvalue weighted by atomic mass is 10.0. The molecule has 0 saturated carbocycles. The van der Waals surface area contributed by atoms with E-state index in [1.54, 1.807) is 61.5 Å². The third-order valence-corrected chi connectivity index (χ3v) is 5.80. The number of halogens is 1. The Balaban J connectivity index is 1.64. The lowest BCUT2D eigenvalue weighted by molar-refractivity contribution is 0.0274. The Bertz CT molecular complexity index is 1270. The van der Waals surface area contributed by atoms with Gasteiger partial charge in [0.15, 0.2) is 6.10 Å². The minimum Gasteiger partial charge on any atom is -0.496 e. The number of rotatable bonds is 7. The van der Waals surface area contributed by atoms with Crippen molar-refractivity contribution in [2.24, 2.45) is 0 Å². The van der Waals surface area contributed by atoms with Crippen molar-refractivity contribution in [3.05, 3.63) is 94.0 Å². The number of nitrogens with zero attached hydrogens (tertiary/aromatic N) is 1. The first-order chi connectivity index (χ1) is 16.4. The highest BCUT2D eigenvalue weighted by Crippen LogP contribution is 2.38. The Morgan fingerprint density at radius 3 is 2.09 bits per heavy atom. The van der Waals surface area contributed by atoms with E-state index in [9.17, 15) is 19.2 Å². The van der Waals surface area contributed by atoms with Crippen LogP contribution in [0.15, 0.2) is 66.7 Å². The summed E-state index contributed by atoms with van der Waals surface area (Å²) in [6.07, 6.45) is -0.739. The van der Waals surface area contributed by atoms with Crippen LogP contribution in [0.1, 0.15) is 54.8 Å². The van der Waals surface area contributed by atoms with Gasteiger partial charge in [0.1, 0.15) is 11.3 Å². The third-order valence-electron chi connectivity index (χ3n) is 5.49. The molecule has 4 rings (SSSR count). The van der Waals surface area contributed by atoms with E-state index < -0.39 is 23.9 Å². The van der Waals surface area contributed by atoms with Crippen molar-refractivity contribution in [1.82, 2.24) is 0 Å². The number of carbonyl (C=O) groups is 4. The number of hydrogen-bond acceptors (Lipinski definition) is 6. The zero-order valence-corrected chi connectivity index (χ0v) is 19.2. The van der Waals surface area contributed by atoms with Crippen molar-refractivity contribution in [1.29, 1.82) is 0 Å². The Hall–Kier alpha value is -3.97. The number of amides is 2. The minimum absolute atomic E-state index is 0.0234. The fraction of sp³-hybridized carbons (Fsp3) is 0.154. The van der Waals surface area contributed by atoms with E-state index in [1.807, 2.05) is 0 Å². The van der Waals surface area contributed by atoms with Crippen LogP contribution in [-0.2, 0) is 4.74 Å². The highest BCUT2D eigenvalue weighted by molar-refractivity contribution is 6.40. The first kappa shape index (κ1) is 23.2. The molecule has 0 spiro atoms. The molecule has 2 amide bonds. The summed E-state index contributed by atoms with van der Waals surface area (Å²) in [4.78, 5) is 52.4. The van der Waals surface area contributed by atoms with Gasteiger partial charge in [-0.15, -0.1) is 0 Å². The monoisotopic (exact) mass is 477 g/mol. The Kier molecular flexibility index (Phi) is 6.47. The van der Waals surface area contributed by atoms with Crippen LogP contribution < -0.4 is 9.64 Å². The molecule has 3 aromatic rings. The number of hydrogen-bond donors (Lipinski definition) is 0. The molecule has 34 heavy (non-hydrogen) atoms. The number of ketones is 1. The van der Waals surface area contributed by atoms with E-state index in [0.29, 0.717) is 5.56 Å². The van der Waals surface area contributed by atoms with Crippen molar-refractivity contribution < 1.29 is 28.7 Å². The average Bonchev–Trinajstić information content (AvgIpc) is 3.12. The summed E-state index contributed by atoms with van der Waals surface area (Å²) >= 11 is 6.41. The normalized spacial score (nSPS) is 13.4. The summed E-state index contributed by atoms with van der Waals surface area (Å²) in [6.45, 7) is 1.73. The number of Topliss-reactive ketones (excluding diaryl/α,β-unsaturated/α-hetero) is 1. The van der Waals surface area contributed by atoms with Crippen LogP contribution in [0, 0.1) is 0 Å². The smallest absolute Gasteiger partial charge is 0.342 e. The molecule has 1 atom stereocenters. The number of ether oxygens (including phenoxy) is 2. The molecule has 172 valence electrons. The minimum atomic E-state index is -1.01. The second kappa shape index (κ2) is 9.49. The Labute approximate surface area is 200 Å².